The largest absolute Gasteiger partial charge is 0.0991 e. The topological polar surface area (TPSA) is 0 Å². The van der Waals surface area contributed by atoms with Gasteiger partial charge in [-0.3, -0.25) is 0 Å². The second-order valence-corrected chi connectivity index (χ2v) is 12.0. The van der Waals surface area contributed by atoms with E-state index in [1.54, 1.807) is 0 Å². The van der Waals surface area contributed by atoms with Crippen LogP contribution in [0.25, 0.3) is 71.3 Å². The highest BCUT2D eigenvalue weighted by Gasteiger charge is 2.19. The van der Waals surface area contributed by atoms with E-state index in [1.807, 2.05) is 12.2 Å². The van der Waals surface area contributed by atoms with Crippen LogP contribution in [-0.2, 0) is 0 Å². The Morgan fingerprint density at radius 1 is 0.522 bits per heavy atom. The van der Waals surface area contributed by atoms with Crippen LogP contribution in [0.15, 0.2) is 170 Å². The van der Waals surface area contributed by atoms with Crippen molar-refractivity contribution in [1.82, 2.24) is 0 Å². The fourth-order valence-electron chi connectivity index (χ4n) is 6.96. The Balaban J connectivity index is 1.46. The molecule has 7 aromatic carbocycles. The first-order valence-electron chi connectivity index (χ1n) is 16.3. The lowest BCUT2D eigenvalue weighted by molar-refractivity contribution is 0.718. The van der Waals surface area contributed by atoms with Crippen molar-refractivity contribution in [2.45, 2.75) is 20.3 Å². The van der Waals surface area contributed by atoms with E-state index in [-0.39, 0.29) is 0 Å². The van der Waals surface area contributed by atoms with Gasteiger partial charge in [0, 0.05) is 0 Å². The maximum Gasteiger partial charge on any atom is -0.00201 e. The second-order valence-electron chi connectivity index (χ2n) is 12.0. The van der Waals surface area contributed by atoms with Crippen LogP contribution in [0.2, 0.25) is 0 Å². The van der Waals surface area contributed by atoms with Crippen molar-refractivity contribution in [3.8, 4) is 33.4 Å². The van der Waals surface area contributed by atoms with E-state index in [1.165, 1.54) is 76.8 Å². The maximum atomic E-state index is 3.83. The average molecular weight is 591 g/mol. The summed E-state index contributed by atoms with van der Waals surface area (Å²) in [5.41, 5.74) is 10.2. The zero-order valence-electron chi connectivity index (χ0n) is 26.6. The summed E-state index contributed by atoms with van der Waals surface area (Å²) in [6.07, 6.45) is 9.24. The van der Waals surface area contributed by atoms with Gasteiger partial charge in [0.1, 0.15) is 0 Å². The molecule has 0 aromatic heterocycles. The molecule has 0 amide bonds. The third kappa shape index (κ3) is 5.27. The molecule has 0 aliphatic rings. The summed E-state index contributed by atoms with van der Waals surface area (Å²) in [6.45, 7) is 8.39. The lowest BCUT2D eigenvalue weighted by Crippen LogP contribution is -1.97. The molecule has 0 heterocycles. The van der Waals surface area contributed by atoms with Crippen LogP contribution in [0, 0.1) is 5.92 Å². The SMILES string of the molecule is C=C/C=C\C=C(\c1ccc(-c2c3ccccc3c(-c3cccc4c(-c5ccccc5)cccc34)c3ccccc23)cc1)C(C)CC. The summed E-state index contributed by atoms with van der Waals surface area (Å²) >= 11 is 0. The Kier molecular flexibility index (Phi) is 8.19. The molecule has 1 atom stereocenters. The summed E-state index contributed by atoms with van der Waals surface area (Å²) in [6, 6.07) is 51.3. The molecule has 0 aliphatic carbocycles. The molecule has 7 rings (SSSR count). The molecule has 0 fully saturated rings. The van der Waals surface area contributed by atoms with Crippen molar-refractivity contribution in [2.75, 3.05) is 0 Å². The van der Waals surface area contributed by atoms with Crippen LogP contribution in [0.4, 0.5) is 0 Å². The molecule has 0 bridgehead atoms. The number of hydrogen-bond donors (Lipinski definition) is 0. The summed E-state index contributed by atoms with van der Waals surface area (Å²) in [5.74, 6) is 0.462. The molecule has 46 heavy (non-hydrogen) atoms. The van der Waals surface area contributed by atoms with E-state index < -0.39 is 0 Å². The van der Waals surface area contributed by atoms with Gasteiger partial charge < -0.3 is 0 Å². The molecule has 0 heteroatoms. The van der Waals surface area contributed by atoms with Gasteiger partial charge in [-0.2, -0.15) is 0 Å². The zero-order chi connectivity index (χ0) is 31.5. The molecule has 7 aromatic rings. The number of rotatable bonds is 8. The predicted octanol–water partition coefficient (Wildman–Crippen LogP) is 13.3. The third-order valence-corrected chi connectivity index (χ3v) is 9.38. The van der Waals surface area contributed by atoms with E-state index >= 15 is 0 Å². The van der Waals surface area contributed by atoms with Crippen molar-refractivity contribution in [3.05, 3.63) is 176 Å². The summed E-state index contributed by atoms with van der Waals surface area (Å²) < 4.78 is 0. The minimum absolute atomic E-state index is 0.462. The fourth-order valence-corrected chi connectivity index (χ4v) is 6.96. The Morgan fingerprint density at radius 3 is 1.63 bits per heavy atom. The number of allylic oxidation sites excluding steroid dienone is 5. The van der Waals surface area contributed by atoms with Gasteiger partial charge in [-0.15, -0.1) is 0 Å². The Bertz CT molecular complexity index is 2190. The van der Waals surface area contributed by atoms with Gasteiger partial charge in [-0.05, 0) is 89.2 Å². The Morgan fingerprint density at radius 2 is 1.04 bits per heavy atom. The highest BCUT2D eigenvalue weighted by Crippen LogP contribution is 2.46. The van der Waals surface area contributed by atoms with E-state index in [2.05, 4.69) is 172 Å². The lowest BCUT2D eigenvalue weighted by atomic mass is 9.83. The summed E-state index contributed by atoms with van der Waals surface area (Å²) in [7, 11) is 0. The molecule has 222 valence electrons. The molecule has 0 radical (unpaired) electrons. The monoisotopic (exact) mass is 590 g/mol. The highest BCUT2D eigenvalue weighted by molar-refractivity contribution is 6.24. The van der Waals surface area contributed by atoms with Gasteiger partial charge in [0.25, 0.3) is 0 Å². The van der Waals surface area contributed by atoms with E-state index in [4.69, 9.17) is 0 Å². The molecule has 0 nitrogen and oxygen atoms in total. The molecule has 0 saturated carbocycles. The standard InChI is InChI=1S/C46H38/c1-4-6-8-19-36(32(3)5-2)34-28-30-35(31-29-34)45-41-20-11-13-22-43(41)46(44-23-14-12-21-42(44)45)40-27-16-25-38-37(24-15-26-39(38)40)33-17-9-7-10-18-33/h4,6-32H,1,5H2,2-3H3/b8-6-,36-19+. The lowest BCUT2D eigenvalue weighted by Gasteiger charge is -2.20. The normalized spacial score (nSPS) is 12.7. The Labute approximate surface area is 272 Å². The van der Waals surface area contributed by atoms with Crippen molar-refractivity contribution < 1.29 is 0 Å². The molecular weight excluding hydrogens is 553 g/mol. The Hall–Kier alpha value is -5.46. The summed E-state index contributed by atoms with van der Waals surface area (Å²) in [5, 5.41) is 7.62. The molecule has 0 spiro atoms. The van der Waals surface area contributed by atoms with Crippen LogP contribution in [0.5, 0.6) is 0 Å². The molecule has 0 aliphatic heterocycles. The van der Waals surface area contributed by atoms with Crippen LogP contribution in [0.3, 0.4) is 0 Å². The smallest absolute Gasteiger partial charge is 0.00201 e. The van der Waals surface area contributed by atoms with Crippen molar-refractivity contribution in [1.29, 1.82) is 0 Å². The average Bonchev–Trinajstić information content (AvgIpc) is 3.12. The number of fused-ring (bicyclic) bond motifs is 3. The molecule has 1 unspecified atom stereocenters. The van der Waals surface area contributed by atoms with Crippen molar-refractivity contribution in [2.24, 2.45) is 5.92 Å². The third-order valence-electron chi connectivity index (χ3n) is 9.38. The van der Waals surface area contributed by atoms with Crippen molar-refractivity contribution in [3.63, 3.8) is 0 Å². The van der Waals surface area contributed by atoms with Gasteiger partial charge in [0.2, 0.25) is 0 Å². The first kappa shape index (κ1) is 29.3. The zero-order valence-corrected chi connectivity index (χ0v) is 26.6. The molecular formula is C46H38. The van der Waals surface area contributed by atoms with Crippen molar-refractivity contribution >= 4 is 37.9 Å². The minimum Gasteiger partial charge on any atom is -0.0991 e. The molecule has 0 saturated heterocycles. The summed E-state index contributed by atoms with van der Waals surface area (Å²) in [4.78, 5) is 0. The predicted molar refractivity (Wildman–Crippen MR) is 202 cm³/mol. The van der Waals surface area contributed by atoms with E-state index in [0.717, 1.165) is 6.42 Å². The first-order chi connectivity index (χ1) is 22.7. The van der Waals surface area contributed by atoms with Gasteiger partial charge in [0.15, 0.2) is 0 Å². The van der Waals surface area contributed by atoms with E-state index in [9.17, 15) is 0 Å². The van der Waals surface area contributed by atoms with Gasteiger partial charge in [0.05, 0.1) is 0 Å². The van der Waals surface area contributed by atoms with E-state index in [0.29, 0.717) is 5.92 Å². The van der Waals surface area contributed by atoms with Crippen LogP contribution in [-0.4, -0.2) is 0 Å². The van der Waals surface area contributed by atoms with Gasteiger partial charge in [-0.25, -0.2) is 0 Å². The quantitative estimate of drug-likeness (QED) is 0.122. The first-order valence-corrected chi connectivity index (χ1v) is 16.3. The van der Waals surface area contributed by atoms with Crippen LogP contribution >= 0.6 is 0 Å². The highest BCUT2D eigenvalue weighted by atomic mass is 14.2. The molecule has 0 N–H and O–H groups in total. The minimum atomic E-state index is 0.462. The number of benzene rings is 7. The van der Waals surface area contributed by atoms with Gasteiger partial charge in [-0.1, -0.05) is 184 Å². The second kappa shape index (κ2) is 12.9. The number of hydrogen-bond acceptors (Lipinski definition) is 0. The maximum absolute atomic E-state index is 3.83. The fraction of sp³-hybridized carbons (Fsp3) is 0.0870. The van der Waals surface area contributed by atoms with Crippen LogP contribution < -0.4 is 0 Å². The van der Waals surface area contributed by atoms with Crippen LogP contribution in [0.1, 0.15) is 25.8 Å². The van der Waals surface area contributed by atoms with Gasteiger partial charge >= 0.3 is 0 Å².